The van der Waals surface area contributed by atoms with Crippen molar-refractivity contribution in [3.8, 4) is 0 Å². The first-order valence-electron chi connectivity index (χ1n) is 10.7. The van der Waals surface area contributed by atoms with Crippen molar-refractivity contribution in [2.24, 2.45) is 0 Å². The maximum absolute atomic E-state index is 13.0. The summed E-state index contributed by atoms with van der Waals surface area (Å²) in [5, 5.41) is 1.78. The molecule has 5 rings (SSSR count). The van der Waals surface area contributed by atoms with Gasteiger partial charge in [-0.05, 0) is 49.6 Å². The lowest BCUT2D eigenvalue weighted by molar-refractivity contribution is -0.130. The van der Waals surface area contributed by atoms with Crippen LogP contribution in [0.25, 0.3) is 21.9 Å². The molecule has 1 aromatic carbocycles. The number of hydrogen-bond acceptors (Lipinski definition) is 7. The molecule has 0 unspecified atom stereocenters. The summed E-state index contributed by atoms with van der Waals surface area (Å²) in [6.07, 6.45) is 5.13. The van der Waals surface area contributed by atoms with Gasteiger partial charge >= 0.3 is 5.63 Å². The number of carbonyl (C=O) groups excluding carboxylic acids is 1. The van der Waals surface area contributed by atoms with Gasteiger partial charge in [-0.3, -0.25) is 4.79 Å². The molecule has 164 valence electrons. The van der Waals surface area contributed by atoms with Crippen LogP contribution in [0.15, 0.2) is 44.4 Å². The first kappa shape index (κ1) is 20.2. The second-order valence-corrected chi connectivity index (χ2v) is 8.28. The van der Waals surface area contributed by atoms with Crippen LogP contribution in [-0.4, -0.2) is 47.0 Å². The quantitative estimate of drug-likeness (QED) is 0.459. The minimum absolute atomic E-state index is 0.000996. The molecule has 0 N–H and O–H groups in total. The maximum atomic E-state index is 13.0. The molecule has 0 atom stereocenters. The predicted molar refractivity (Wildman–Crippen MR) is 121 cm³/mol. The van der Waals surface area contributed by atoms with Gasteiger partial charge in [-0.15, -0.1) is 0 Å². The normalized spacial score (nSPS) is 14.5. The molecular formula is C24H24N4O4. The van der Waals surface area contributed by atoms with Crippen LogP contribution >= 0.6 is 0 Å². The van der Waals surface area contributed by atoms with Crippen molar-refractivity contribution < 1.29 is 13.6 Å². The fourth-order valence-corrected chi connectivity index (χ4v) is 4.55. The Morgan fingerprint density at radius 2 is 1.75 bits per heavy atom. The Morgan fingerprint density at radius 1 is 1.03 bits per heavy atom. The Kier molecular flexibility index (Phi) is 4.92. The lowest BCUT2D eigenvalue weighted by Gasteiger charge is -2.34. The number of anilines is 1. The van der Waals surface area contributed by atoms with Gasteiger partial charge in [0, 0.05) is 44.0 Å². The van der Waals surface area contributed by atoms with Gasteiger partial charge in [-0.2, -0.15) is 0 Å². The molecule has 8 nitrogen and oxygen atoms in total. The van der Waals surface area contributed by atoms with Crippen LogP contribution in [0.4, 0.5) is 5.95 Å². The Labute approximate surface area is 184 Å². The summed E-state index contributed by atoms with van der Waals surface area (Å²) < 4.78 is 11.4. The van der Waals surface area contributed by atoms with E-state index in [9.17, 15) is 9.59 Å². The van der Waals surface area contributed by atoms with Gasteiger partial charge in [0.25, 0.3) is 0 Å². The van der Waals surface area contributed by atoms with E-state index in [0.29, 0.717) is 48.9 Å². The van der Waals surface area contributed by atoms with Crippen molar-refractivity contribution in [1.82, 2.24) is 14.9 Å². The van der Waals surface area contributed by atoms with Crippen molar-refractivity contribution in [3.63, 3.8) is 0 Å². The number of carbonyl (C=O) groups is 1. The summed E-state index contributed by atoms with van der Waals surface area (Å²) in [5.74, 6) is 0.575. The van der Waals surface area contributed by atoms with E-state index in [1.54, 1.807) is 29.6 Å². The number of nitrogens with zero attached hydrogens (tertiary/aromatic N) is 4. The zero-order chi connectivity index (χ0) is 22.4. The number of aryl methyl sites for hydroxylation is 3. The molecule has 1 saturated heterocycles. The van der Waals surface area contributed by atoms with Gasteiger partial charge in [0.1, 0.15) is 11.2 Å². The molecule has 0 aliphatic carbocycles. The molecule has 0 saturated carbocycles. The van der Waals surface area contributed by atoms with E-state index in [1.165, 1.54) is 0 Å². The van der Waals surface area contributed by atoms with Crippen LogP contribution in [0.1, 0.15) is 22.3 Å². The first-order valence-corrected chi connectivity index (χ1v) is 10.7. The Morgan fingerprint density at radius 3 is 2.47 bits per heavy atom. The molecule has 4 aromatic rings. The molecular weight excluding hydrogens is 408 g/mol. The van der Waals surface area contributed by atoms with Crippen molar-refractivity contribution in [2.45, 2.75) is 27.2 Å². The number of rotatable bonds is 3. The second-order valence-electron chi connectivity index (χ2n) is 8.28. The first-order chi connectivity index (χ1) is 15.4. The SMILES string of the molecule is Cc1coc2c1c(C)cc1oc(=O)c(CC(=O)N3CCN(c4ncccn4)CC3)c(C)c12. The zero-order valence-electron chi connectivity index (χ0n) is 18.3. The molecule has 1 aliphatic rings. The molecule has 1 fully saturated rings. The highest BCUT2D eigenvalue weighted by Gasteiger charge is 2.25. The van der Waals surface area contributed by atoms with Crippen molar-refractivity contribution >= 4 is 33.8 Å². The number of furan rings is 1. The maximum Gasteiger partial charge on any atom is 0.340 e. The average Bonchev–Trinajstić information content (AvgIpc) is 3.19. The van der Waals surface area contributed by atoms with Crippen LogP contribution in [0.2, 0.25) is 0 Å². The standard InChI is InChI=1S/C24H24N4O4/c1-14-11-18-21(22-20(14)15(2)13-31-22)16(3)17(23(30)32-18)12-19(29)27-7-9-28(10-8-27)24-25-5-4-6-26-24/h4-6,11,13H,7-10,12H2,1-3H3. The topological polar surface area (TPSA) is 92.7 Å². The van der Waals surface area contributed by atoms with Crippen molar-refractivity contribution in [1.29, 1.82) is 0 Å². The average molecular weight is 432 g/mol. The number of benzene rings is 1. The highest BCUT2D eigenvalue weighted by atomic mass is 16.4. The molecule has 0 spiro atoms. The molecule has 4 heterocycles. The molecule has 3 aromatic heterocycles. The smallest absolute Gasteiger partial charge is 0.340 e. The van der Waals surface area contributed by atoms with Crippen LogP contribution in [-0.2, 0) is 11.2 Å². The van der Waals surface area contributed by atoms with Gasteiger partial charge in [0.15, 0.2) is 0 Å². The third-order valence-electron chi connectivity index (χ3n) is 6.26. The third-order valence-corrected chi connectivity index (χ3v) is 6.26. The second kappa shape index (κ2) is 7.78. The summed E-state index contributed by atoms with van der Waals surface area (Å²) in [6.45, 7) is 8.21. The Hall–Kier alpha value is -3.68. The number of amides is 1. The summed E-state index contributed by atoms with van der Waals surface area (Å²) in [4.78, 5) is 38.2. The molecule has 1 aliphatic heterocycles. The predicted octanol–water partition coefficient (Wildman–Crippen LogP) is 3.15. The van der Waals surface area contributed by atoms with Crippen LogP contribution < -0.4 is 10.5 Å². The fourth-order valence-electron chi connectivity index (χ4n) is 4.55. The van der Waals surface area contributed by atoms with E-state index in [1.807, 2.05) is 26.8 Å². The van der Waals surface area contributed by atoms with E-state index in [2.05, 4.69) is 14.9 Å². The van der Waals surface area contributed by atoms with Gasteiger partial charge < -0.3 is 18.6 Å². The minimum Gasteiger partial charge on any atom is -0.463 e. The number of fused-ring (bicyclic) bond motifs is 3. The van der Waals surface area contributed by atoms with E-state index < -0.39 is 5.63 Å². The monoisotopic (exact) mass is 432 g/mol. The van der Waals surface area contributed by atoms with E-state index in [4.69, 9.17) is 8.83 Å². The lowest BCUT2D eigenvalue weighted by Crippen LogP contribution is -2.49. The molecule has 8 heteroatoms. The van der Waals surface area contributed by atoms with Gasteiger partial charge in [-0.1, -0.05) is 0 Å². The molecule has 1 amide bonds. The number of piperazine rings is 1. The minimum atomic E-state index is -0.471. The summed E-state index contributed by atoms with van der Waals surface area (Å²) in [7, 11) is 0. The van der Waals surface area contributed by atoms with E-state index in [0.717, 1.165) is 27.5 Å². The summed E-state index contributed by atoms with van der Waals surface area (Å²) in [5.41, 5.74) is 3.86. The lowest BCUT2D eigenvalue weighted by atomic mass is 9.98. The van der Waals surface area contributed by atoms with Gasteiger partial charge in [0.2, 0.25) is 11.9 Å². The van der Waals surface area contributed by atoms with Crippen LogP contribution in [0.3, 0.4) is 0 Å². The van der Waals surface area contributed by atoms with Crippen LogP contribution in [0.5, 0.6) is 0 Å². The molecule has 32 heavy (non-hydrogen) atoms. The number of aromatic nitrogens is 2. The summed E-state index contributed by atoms with van der Waals surface area (Å²) in [6, 6.07) is 3.64. The Balaban J connectivity index is 1.42. The van der Waals surface area contributed by atoms with Gasteiger partial charge in [0.05, 0.1) is 23.6 Å². The molecule has 0 bridgehead atoms. The third kappa shape index (κ3) is 3.32. The van der Waals surface area contributed by atoms with Crippen molar-refractivity contribution in [2.75, 3.05) is 31.1 Å². The highest BCUT2D eigenvalue weighted by Crippen LogP contribution is 2.34. The molecule has 0 radical (unpaired) electrons. The summed E-state index contributed by atoms with van der Waals surface area (Å²) >= 11 is 0. The fraction of sp³-hybridized carbons (Fsp3) is 0.333. The number of hydrogen-bond donors (Lipinski definition) is 0. The van der Waals surface area contributed by atoms with Crippen molar-refractivity contribution in [3.05, 3.63) is 63.5 Å². The zero-order valence-corrected chi connectivity index (χ0v) is 18.3. The Bertz CT molecular complexity index is 1380. The van der Waals surface area contributed by atoms with E-state index >= 15 is 0 Å². The van der Waals surface area contributed by atoms with Gasteiger partial charge in [-0.25, -0.2) is 14.8 Å². The highest BCUT2D eigenvalue weighted by molar-refractivity contribution is 6.07. The van der Waals surface area contributed by atoms with Crippen LogP contribution in [0, 0.1) is 20.8 Å². The van der Waals surface area contributed by atoms with E-state index in [-0.39, 0.29) is 12.3 Å². The largest absolute Gasteiger partial charge is 0.463 e.